The minimum Gasteiger partial charge on any atom is -0.493 e. The van der Waals surface area contributed by atoms with Gasteiger partial charge in [-0.3, -0.25) is 9.69 Å². The van der Waals surface area contributed by atoms with Gasteiger partial charge in [-0.1, -0.05) is 19.9 Å². The van der Waals surface area contributed by atoms with Crippen molar-refractivity contribution in [3.63, 3.8) is 0 Å². The topological polar surface area (TPSA) is 56.6 Å². The van der Waals surface area contributed by atoms with Crippen LogP contribution in [-0.2, 0) is 0 Å². The van der Waals surface area contributed by atoms with E-state index in [2.05, 4.69) is 24.8 Å². The third kappa shape index (κ3) is 5.26. The van der Waals surface area contributed by atoms with Crippen molar-refractivity contribution in [1.82, 2.24) is 9.80 Å². The Morgan fingerprint density at radius 3 is 2.70 bits per heavy atom. The number of hydrogen-bond acceptors (Lipinski definition) is 4. The molecule has 1 aromatic rings. The number of ether oxygens (including phenoxy) is 1. The van der Waals surface area contributed by atoms with E-state index < -0.39 is 0 Å². The largest absolute Gasteiger partial charge is 0.493 e. The number of benzene rings is 1. The molecule has 5 nitrogen and oxygen atoms in total. The zero-order valence-electron chi connectivity index (χ0n) is 14.0. The van der Waals surface area contributed by atoms with E-state index in [0.717, 1.165) is 25.4 Å². The summed E-state index contributed by atoms with van der Waals surface area (Å²) in [6, 6.07) is 9.59. The van der Waals surface area contributed by atoms with Crippen LogP contribution in [-0.4, -0.2) is 55.0 Å². The van der Waals surface area contributed by atoms with Crippen molar-refractivity contribution < 1.29 is 9.53 Å². The molecule has 1 fully saturated rings. The molecule has 0 atom stereocenters. The third-order valence-corrected chi connectivity index (χ3v) is 3.86. The second-order valence-corrected chi connectivity index (χ2v) is 6.27. The second kappa shape index (κ2) is 8.54. The lowest BCUT2D eigenvalue weighted by Gasteiger charge is -2.34. The molecule has 1 saturated heterocycles. The van der Waals surface area contributed by atoms with Gasteiger partial charge < -0.3 is 9.64 Å². The van der Waals surface area contributed by atoms with Crippen LogP contribution in [0.2, 0.25) is 0 Å². The molecule has 0 aromatic heterocycles. The van der Waals surface area contributed by atoms with Crippen LogP contribution in [0.15, 0.2) is 24.3 Å². The molecule has 1 aliphatic rings. The average Bonchev–Trinajstić information content (AvgIpc) is 2.58. The van der Waals surface area contributed by atoms with E-state index in [4.69, 9.17) is 10.00 Å². The molecule has 2 rings (SSSR count). The lowest BCUT2D eigenvalue weighted by molar-refractivity contribution is 0.0639. The van der Waals surface area contributed by atoms with Gasteiger partial charge in [0.15, 0.2) is 0 Å². The Labute approximate surface area is 138 Å². The molecule has 1 aliphatic heterocycles. The summed E-state index contributed by atoms with van der Waals surface area (Å²) in [5.74, 6) is 1.26. The Kier molecular flexibility index (Phi) is 6.42. The van der Waals surface area contributed by atoms with Gasteiger partial charge in [-0.25, -0.2) is 0 Å². The van der Waals surface area contributed by atoms with Crippen LogP contribution in [0.1, 0.15) is 30.6 Å². The first-order chi connectivity index (χ1) is 11.1. The molecule has 1 amide bonds. The maximum atomic E-state index is 12.6. The van der Waals surface area contributed by atoms with Gasteiger partial charge in [-0.15, -0.1) is 0 Å². The fraction of sp³-hybridized carbons (Fsp3) is 0.556. The van der Waals surface area contributed by atoms with Crippen LogP contribution in [0.3, 0.4) is 0 Å². The van der Waals surface area contributed by atoms with Gasteiger partial charge in [0.05, 0.1) is 12.7 Å². The number of rotatable bonds is 6. The summed E-state index contributed by atoms with van der Waals surface area (Å²) in [5.41, 5.74) is 0.678. The van der Waals surface area contributed by atoms with Crippen molar-refractivity contribution in [3.8, 4) is 11.8 Å². The summed E-state index contributed by atoms with van der Waals surface area (Å²) in [4.78, 5) is 16.7. The molecule has 0 radical (unpaired) electrons. The molecule has 0 N–H and O–H groups in total. The Morgan fingerprint density at radius 2 is 2.04 bits per heavy atom. The van der Waals surface area contributed by atoms with Crippen LogP contribution in [0, 0.1) is 17.2 Å². The normalized spacial score (nSPS) is 15.5. The number of piperazine rings is 1. The van der Waals surface area contributed by atoms with Crippen molar-refractivity contribution >= 4 is 5.91 Å². The van der Waals surface area contributed by atoms with E-state index in [0.29, 0.717) is 37.6 Å². The van der Waals surface area contributed by atoms with Crippen LogP contribution >= 0.6 is 0 Å². The van der Waals surface area contributed by atoms with E-state index in [9.17, 15) is 4.79 Å². The van der Waals surface area contributed by atoms with E-state index in [1.807, 2.05) is 29.2 Å². The number of carbonyl (C=O) groups is 1. The number of carbonyl (C=O) groups excluding carboxylic acids is 1. The highest BCUT2D eigenvalue weighted by Crippen LogP contribution is 2.17. The first-order valence-electron chi connectivity index (χ1n) is 8.21. The Balaban J connectivity index is 1.91. The van der Waals surface area contributed by atoms with Crippen molar-refractivity contribution in [2.75, 3.05) is 39.3 Å². The van der Waals surface area contributed by atoms with Crippen LogP contribution in [0.5, 0.6) is 5.75 Å². The lowest BCUT2D eigenvalue weighted by atomic mass is 10.1. The minimum absolute atomic E-state index is 0.0555. The highest BCUT2D eigenvalue weighted by molar-refractivity contribution is 5.94. The molecule has 124 valence electrons. The molecule has 1 heterocycles. The van der Waals surface area contributed by atoms with E-state index in [1.54, 1.807) is 0 Å². The van der Waals surface area contributed by atoms with Crippen molar-refractivity contribution in [3.05, 3.63) is 29.8 Å². The fourth-order valence-electron chi connectivity index (χ4n) is 2.55. The van der Waals surface area contributed by atoms with Crippen molar-refractivity contribution in [2.45, 2.75) is 20.3 Å². The quantitative estimate of drug-likeness (QED) is 0.809. The van der Waals surface area contributed by atoms with E-state index in [1.165, 1.54) is 0 Å². The summed E-state index contributed by atoms with van der Waals surface area (Å²) in [5, 5.41) is 8.64. The van der Waals surface area contributed by atoms with Gasteiger partial charge in [-0.05, 0) is 24.1 Å². The molecule has 23 heavy (non-hydrogen) atoms. The van der Waals surface area contributed by atoms with Crippen LogP contribution in [0.4, 0.5) is 0 Å². The average molecular weight is 315 g/mol. The third-order valence-electron chi connectivity index (χ3n) is 3.86. The predicted octanol–water partition coefficient (Wildman–Crippen LogP) is 2.39. The summed E-state index contributed by atoms with van der Waals surface area (Å²) in [7, 11) is 0. The molecule has 0 spiro atoms. The van der Waals surface area contributed by atoms with Crippen LogP contribution < -0.4 is 4.74 Å². The Morgan fingerprint density at radius 1 is 1.30 bits per heavy atom. The molecule has 1 aromatic carbocycles. The van der Waals surface area contributed by atoms with E-state index in [-0.39, 0.29) is 5.91 Å². The minimum atomic E-state index is 0.0555. The molecule has 0 saturated carbocycles. The van der Waals surface area contributed by atoms with Gasteiger partial charge in [0.2, 0.25) is 0 Å². The summed E-state index contributed by atoms with van der Waals surface area (Å²) in [6.45, 7) is 8.71. The highest BCUT2D eigenvalue weighted by atomic mass is 16.5. The van der Waals surface area contributed by atoms with Crippen LogP contribution in [0.25, 0.3) is 0 Å². The Bertz CT molecular complexity index is 558. The van der Waals surface area contributed by atoms with Crippen molar-refractivity contribution in [2.24, 2.45) is 5.92 Å². The van der Waals surface area contributed by atoms with Gasteiger partial charge in [0.25, 0.3) is 5.91 Å². The summed E-state index contributed by atoms with van der Waals surface area (Å²) >= 11 is 0. The van der Waals surface area contributed by atoms with Gasteiger partial charge >= 0.3 is 0 Å². The fourth-order valence-corrected chi connectivity index (χ4v) is 2.55. The van der Waals surface area contributed by atoms with Gasteiger partial charge in [-0.2, -0.15) is 5.26 Å². The van der Waals surface area contributed by atoms with E-state index >= 15 is 0 Å². The number of nitrogens with zero attached hydrogens (tertiary/aromatic N) is 3. The smallest absolute Gasteiger partial charge is 0.254 e. The zero-order valence-corrected chi connectivity index (χ0v) is 14.0. The molecular weight excluding hydrogens is 290 g/mol. The Hall–Kier alpha value is -2.06. The monoisotopic (exact) mass is 315 g/mol. The first kappa shape index (κ1) is 17.3. The summed E-state index contributed by atoms with van der Waals surface area (Å²) < 4.78 is 5.70. The lowest BCUT2D eigenvalue weighted by Crippen LogP contribution is -2.48. The van der Waals surface area contributed by atoms with Gasteiger partial charge in [0.1, 0.15) is 5.75 Å². The molecular formula is C18H25N3O2. The number of amides is 1. The predicted molar refractivity (Wildman–Crippen MR) is 89.3 cm³/mol. The number of hydrogen-bond donors (Lipinski definition) is 0. The maximum Gasteiger partial charge on any atom is 0.254 e. The maximum absolute atomic E-state index is 12.6. The zero-order chi connectivity index (χ0) is 16.7. The van der Waals surface area contributed by atoms with Crippen molar-refractivity contribution in [1.29, 1.82) is 5.26 Å². The first-order valence-corrected chi connectivity index (χ1v) is 8.21. The highest BCUT2D eigenvalue weighted by Gasteiger charge is 2.22. The molecule has 5 heteroatoms. The summed E-state index contributed by atoms with van der Waals surface area (Å²) in [6.07, 6.45) is 0.545. The SMILES string of the molecule is CC(C)COc1cccc(C(=O)N2CCN(CCC#N)CC2)c1. The standard InChI is InChI=1S/C18H25N3O2/c1-15(2)14-23-17-6-3-5-16(13-17)18(22)21-11-9-20(10-12-21)8-4-7-19/h3,5-6,13,15H,4,8-12,14H2,1-2H3. The molecule has 0 bridgehead atoms. The van der Waals surface area contributed by atoms with Gasteiger partial charge in [0, 0.05) is 44.7 Å². The molecule has 0 aliphatic carbocycles. The molecule has 0 unspecified atom stereocenters. The second-order valence-electron chi connectivity index (χ2n) is 6.27. The number of nitriles is 1.